The lowest BCUT2D eigenvalue weighted by molar-refractivity contribution is -0.123. The van der Waals surface area contributed by atoms with E-state index in [9.17, 15) is 15.0 Å². The van der Waals surface area contributed by atoms with E-state index in [4.69, 9.17) is 0 Å². The molecule has 4 heteroatoms. The first-order valence-electron chi connectivity index (χ1n) is 24.2. The third-order valence-corrected chi connectivity index (χ3v) is 11.1. The second-order valence-electron chi connectivity index (χ2n) is 16.5. The van der Waals surface area contributed by atoms with Crippen molar-refractivity contribution < 1.29 is 15.0 Å². The Labute approximate surface area is 338 Å². The molecule has 0 bridgehead atoms. The van der Waals surface area contributed by atoms with E-state index in [1.807, 2.05) is 6.08 Å². The molecule has 54 heavy (non-hydrogen) atoms. The Morgan fingerprint density at radius 1 is 0.444 bits per heavy atom. The maximum atomic E-state index is 12.4. The largest absolute Gasteiger partial charge is 0.394 e. The summed E-state index contributed by atoms with van der Waals surface area (Å²) in [6.07, 6.45) is 61.3. The summed E-state index contributed by atoms with van der Waals surface area (Å²) in [5.74, 6) is -0.0765. The maximum absolute atomic E-state index is 12.4. The fourth-order valence-corrected chi connectivity index (χ4v) is 7.39. The average molecular weight is 758 g/mol. The summed E-state index contributed by atoms with van der Waals surface area (Å²) in [7, 11) is 0. The fraction of sp³-hybridized carbons (Fsp3) is 0.860. The number of allylic oxidation sites excluding steroid dienone is 5. The van der Waals surface area contributed by atoms with E-state index in [1.165, 1.54) is 193 Å². The zero-order chi connectivity index (χ0) is 39.3. The van der Waals surface area contributed by atoms with Crippen molar-refractivity contribution in [1.82, 2.24) is 5.32 Å². The predicted molar refractivity (Wildman–Crippen MR) is 239 cm³/mol. The molecule has 0 radical (unpaired) electrons. The molecule has 0 fully saturated rings. The first kappa shape index (κ1) is 52.6. The van der Waals surface area contributed by atoms with Crippen molar-refractivity contribution in [2.45, 2.75) is 270 Å². The minimum absolute atomic E-state index is 0.0765. The molecule has 0 aromatic rings. The van der Waals surface area contributed by atoms with Crippen LogP contribution in [-0.2, 0) is 4.79 Å². The van der Waals surface area contributed by atoms with E-state index in [0.29, 0.717) is 6.42 Å². The molecule has 0 heterocycles. The Kier molecular flexibility index (Phi) is 44.8. The number of rotatable bonds is 44. The number of unbranched alkanes of at least 4 members (excludes halogenated alkanes) is 33. The molecule has 0 saturated carbocycles. The number of nitrogens with one attached hydrogen (secondary N) is 1. The Balaban J connectivity index is 3.51. The van der Waals surface area contributed by atoms with Gasteiger partial charge in [-0.1, -0.05) is 237 Å². The minimum Gasteiger partial charge on any atom is -0.394 e. The normalized spacial score (nSPS) is 13.2. The van der Waals surface area contributed by atoms with Crippen LogP contribution in [0.3, 0.4) is 0 Å². The van der Waals surface area contributed by atoms with Gasteiger partial charge >= 0.3 is 0 Å². The van der Waals surface area contributed by atoms with Crippen molar-refractivity contribution in [2.24, 2.45) is 0 Å². The van der Waals surface area contributed by atoms with Gasteiger partial charge in [-0.25, -0.2) is 0 Å². The second-order valence-corrected chi connectivity index (χ2v) is 16.5. The summed E-state index contributed by atoms with van der Waals surface area (Å²) < 4.78 is 0. The molecule has 0 aliphatic rings. The zero-order valence-corrected chi connectivity index (χ0v) is 36.5. The molecule has 3 N–H and O–H groups in total. The average Bonchev–Trinajstić information content (AvgIpc) is 3.18. The highest BCUT2D eigenvalue weighted by Gasteiger charge is 2.17. The summed E-state index contributed by atoms with van der Waals surface area (Å²) in [5, 5.41) is 23.0. The topological polar surface area (TPSA) is 69.6 Å². The Morgan fingerprint density at radius 2 is 0.759 bits per heavy atom. The standard InChI is InChI=1S/C50H95NO3/c1-3-5-7-9-11-13-15-17-19-20-21-22-23-24-25-26-27-28-29-30-32-33-35-37-39-41-43-45-49(53)48(47-52)51-50(54)46-44-42-40-38-36-34-31-18-16-14-12-10-8-6-4-2/h12,14,18,31,43,45,48-49,52-53H,3-11,13,15-17,19-30,32-42,44,46-47H2,1-2H3,(H,51,54)/b14-12-,31-18-,45-43+. The van der Waals surface area contributed by atoms with Crippen LogP contribution in [0.2, 0.25) is 0 Å². The first-order valence-corrected chi connectivity index (χ1v) is 24.2. The summed E-state index contributed by atoms with van der Waals surface area (Å²) in [6.45, 7) is 4.29. The molecule has 0 aliphatic heterocycles. The monoisotopic (exact) mass is 758 g/mol. The number of carbonyl (C=O) groups is 1. The third kappa shape index (κ3) is 41.8. The summed E-state index contributed by atoms with van der Waals surface area (Å²) in [5.41, 5.74) is 0. The molecule has 1 amide bonds. The van der Waals surface area contributed by atoms with Crippen LogP contribution < -0.4 is 5.32 Å². The van der Waals surface area contributed by atoms with Gasteiger partial charge in [-0.15, -0.1) is 0 Å². The Bertz CT molecular complexity index is 821. The van der Waals surface area contributed by atoms with Gasteiger partial charge in [0.05, 0.1) is 18.8 Å². The predicted octanol–water partition coefficient (Wildman–Crippen LogP) is 15.4. The third-order valence-electron chi connectivity index (χ3n) is 11.1. The van der Waals surface area contributed by atoms with E-state index < -0.39 is 12.1 Å². The van der Waals surface area contributed by atoms with Crippen LogP contribution in [0.15, 0.2) is 36.5 Å². The van der Waals surface area contributed by atoms with Crippen molar-refractivity contribution in [1.29, 1.82) is 0 Å². The van der Waals surface area contributed by atoms with Gasteiger partial charge in [-0.3, -0.25) is 4.79 Å². The Morgan fingerprint density at radius 3 is 1.15 bits per heavy atom. The number of hydrogen-bond donors (Lipinski definition) is 3. The van der Waals surface area contributed by atoms with Gasteiger partial charge in [-0.2, -0.15) is 0 Å². The van der Waals surface area contributed by atoms with Gasteiger partial charge in [0.15, 0.2) is 0 Å². The van der Waals surface area contributed by atoms with Crippen molar-refractivity contribution in [3.05, 3.63) is 36.5 Å². The van der Waals surface area contributed by atoms with Crippen LogP contribution >= 0.6 is 0 Å². The van der Waals surface area contributed by atoms with E-state index >= 15 is 0 Å². The smallest absolute Gasteiger partial charge is 0.220 e. The molecule has 318 valence electrons. The van der Waals surface area contributed by atoms with Crippen LogP contribution in [-0.4, -0.2) is 34.9 Å². The van der Waals surface area contributed by atoms with Crippen LogP contribution in [0.1, 0.15) is 258 Å². The van der Waals surface area contributed by atoms with Crippen molar-refractivity contribution in [2.75, 3.05) is 6.61 Å². The molecule has 0 aliphatic carbocycles. The second kappa shape index (κ2) is 46.0. The minimum atomic E-state index is -0.845. The van der Waals surface area contributed by atoms with Crippen LogP contribution in [0.25, 0.3) is 0 Å². The molecule has 0 rings (SSSR count). The lowest BCUT2D eigenvalue weighted by Gasteiger charge is -2.20. The molecular formula is C50H95NO3. The molecule has 2 unspecified atom stereocenters. The highest BCUT2D eigenvalue weighted by Crippen LogP contribution is 2.16. The van der Waals surface area contributed by atoms with Crippen LogP contribution in [0.4, 0.5) is 0 Å². The van der Waals surface area contributed by atoms with Gasteiger partial charge in [0.25, 0.3) is 0 Å². The van der Waals surface area contributed by atoms with Gasteiger partial charge in [0.2, 0.25) is 5.91 Å². The molecular weight excluding hydrogens is 663 g/mol. The molecule has 2 atom stereocenters. The highest BCUT2D eigenvalue weighted by atomic mass is 16.3. The fourth-order valence-electron chi connectivity index (χ4n) is 7.39. The number of carbonyl (C=O) groups excluding carboxylic acids is 1. The van der Waals surface area contributed by atoms with E-state index in [1.54, 1.807) is 6.08 Å². The quantitative estimate of drug-likeness (QED) is 0.0428. The number of amides is 1. The van der Waals surface area contributed by atoms with Crippen LogP contribution in [0.5, 0.6) is 0 Å². The Hall–Kier alpha value is -1.39. The SMILES string of the molecule is CCCCC/C=C\C/C=C\CCCCCCCC(=O)NC(CO)C(O)/C=C/CCCCCCCCCCCCCCCCCCCCCCCCCCC. The highest BCUT2D eigenvalue weighted by molar-refractivity contribution is 5.76. The first-order chi connectivity index (χ1) is 26.7. The van der Waals surface area contributed by atoms with Crippen molar-refractivity contribution in [3.8, 4) is 0 Å². The van der Waals surface area contributed by atoms with Gasteiger partial charge in [0.1, 0.15) is 0 Å². The lowest BCUT2D eigenvalue weighted by atomic mass is 10.0. The van der Waals surface area contributed by atoms with Crippen LogP contribution in [0, 0.1) is 0 Å². The number of aliphatic hydroxyl groups excluding tert-OH is 2. The zero-order valence-electron chi connectivity index (χ0n) is 36.5. The van der Waals surface area contributed by atoms with Gasteiger partial charge in [-0.05, 0) is 51.4 Å². The molecule has 0 spiro atoms. The van der Waals surface area contributed by atoms with E-state index in [2.05, 4.69) is 43.5 Å². The summed E-state index contributed by atoms with van der Waals surface area (Å²) >= 11 is 0. The van der Waals surface area contributed by atoms with Crippen molar-refractivity contribution >= 4 is 5.91 Å². The maximum Gasteiger partial charge on any atom is 0.220 e. The molecule has 0 aromatic carbocycles. The number of aliphatic hydroxyl groups is 2. The number of hydrogen-bond acceptors (Lipinski definition) is 3. The lowest BCUT2D eigenvalue weighted by Crippen LogP contribution is -2.45. The van der Waals surface area contributed by atoms with Gasteiger partial charge < -0.3 is 15.5 Å². The molecule has 0 saturated heterocycles. The van der Waals surface area contributed by atoms with E-state index in [-0.39, 0.29) is 12.5 Å². The molecule has 0 aromatic heterocycles. The van der Waals surface area contributed by atoms with Gasteiger partial charge in [0, 0.05) is 6.42 Å². The van der Waals surface area contributed by atoms with Crippen molar-refractivity contribution in [3.63, 3.8) is 0 Å². The summed E-state index contributed by atoms with van der Waals surface area (Å²) in [6, 6.07) is -0.629. The molecule has 4 nitrogen and oxygen atoms in total. The summed E-state index contributed by atoms with van der Waals surface area (Å²) in [4.78, 5) is 12.4. The van der Waals surface area contributed by atoms with E-state index in [0.717, 1.165) is 44.9 Å².